The van der Waals surface area contributed by atoms with E-state index in [1.807, 2.05) is 13.8 Å². The number of carbonyl (C=O) groups excluding carboxylic acids is 1. The lowest BCUT2D eigenvalue weighted by molar-refractivity contribution is -0.137. The highest BCUT2D eigenvalue weighted by Gasteiger charge is 2.32. The van der Waals surface area contributed by atoms with Gasteiger partial charge >= 0.3 is 6.18 Å². The van der Waals surface area contributed by atoms with Crippen molar-refractivity contribution in [1.82, 2.24) is 9.88 Å². The van der Waals surface area contributed by atoms with E-state index in [1.165, 1.54) is 6.08 Å². The Kier molecular flexibility index (Phi) is 4.73. The monoisotopic (exact) mass is 314 g/mol. The van der Waals surface area contributed by atoms with Gasteiger partial charge < -0.3 is 9.64 Å². The molecule has 22 heavy (non-hydrogen) atoms. The maximum atomic E-state index is 12.6. The highest BCUT2D eigenvalue weighted by molar-refractivity contribution is 5.88. The predicted octanol–water partition coefficient (Wildman–Crippen LogP) is 3.05. The molecule has 1 saturated heterocycles. The minimum atomic E-state index is -4.43. The van der Waals surface area contributed by atoms with Gasteiger partial charge in [0.05, 0.1) is 12.1 Å². The van der Waals surface area contributed by atoms with Gasteiger partial charge in [0, 0.05) is 31.3 Å². The molecule has 1 aliphatic heterocycles. The van der Waals surface area contributed by atoms with Gasteiger partial charge in [-0.05, 0) is 19.9 Å². The van der Waals surface area contributed by atoms with Crippen molar-refractivity contribution in [3.63, 3.8) is 0 Å². The first kappa shape index (κ1) is 16.3. The van der Waals surface area contributed by atoms with E-state index in [1.54, 1.807) is 4.90 Å². The normalized spacial score (nSPS) is 18.2. The smallest absolute Gasteiger partial charge is 0.416 e. The number of nitrogens with zero attached hydrogens (tertiary/aromatic N) is 2. The minimum absolute atomic E-state index is 0.0728. The summed E-state index contributed by atoms with van der Waals surface area (Å²) < 4.78 is 43.4. The third-order valence-corrected chi connectivity index (χ3v) is 3.22. The third-order valence-electron chi connectivity index (χ3n) is 3.22. The van der Waals surface area contributed by atoms with Crippen LogP contribution in [0, 0.1) is 0 Å². The Balaban J connectivity index is 1.99. The number of aromatic nitrogens is 1. The lowest BCUT2D eigenvalue weighted by atomic mass is 10.2. The zero-order valence-electron chi connectivity index (χ0n) is 12.4. The number of carbonyl (C=O) groups is 1. The molecule has 1 fully saturated rings. The first-order valence-electron chi connectivity index (χ1n) is 6.89. The molecule has 0 aliphatic carbocycles. The largest absolute Gasteiger partial charge is 0.472 e. The van der Waals surface area contributed by atoms with Crippen LogP contribution in [0.15, 0.2) is 30.0 Å². The van der Waals surface area contributed by atoms with Crippen LogP contribution in [0.4, 0.5) is 13.2 Å². The molecule has 1 aromatic heterocycles. The van der Waals surface area contributed by atoms with Crippen LogP contribution in [0.2, 0.25) is 0 Å². The highest BCUT2D eigenvalue weighted by Crippen LogP contribution is 2.31. The van der Waals surface area contributed by atoms with Crippen molar-refractivity contribution >= 4 is 5.91 Å². The lowest BCUT2D eigenvalue weighted by Gasteiger charge is -2.16. The molecule has 1 amide bonds. The fraction of sp³-hybridized carbons (Fsp3) is 0.467. The average Bonchev–Trinajstić information content (AvgIpc) is 2.86. The summed E-state index contributed by atoms with van der Waals surface area (Å²) in [6.07, 6.45) is -1.60. The van der Waals surface area contributed by atoms with Crippen molar-refractivity contribution in [2.75, 3.05) is 13.1 Å². The summed E-state index contributed by atoms with van der Waals surface area (Å²) in [5.74, 6) is -0.181. The van der Waals surface area contributed by atoms with Crippen molar-refractivity contribution in [3.05, 3.63) is 35.5 Å². The van der Waals surface area contributed by atoms with Gasteiger partial charge in [-0.2, -0.15) is 13.2 Å². The van der Waals surface area contributed by atoms with Crippen LogP contribution in [-0.4, -0.2) is 35.0 Å². The number of alkyl halides is 3. The number of likely N-dealkylation sites (tertiary alicyclic amines) is 1. The molecule has 0 spiro atoms. The molecule has 0 unspecified atom stereocenters. The van der Waals surface area contributed by atoms with Crippen molar-refractivity contribution in [2.45, 2.75) is 32.5 Å². The molecule has 0 bridgehead atoms. The zero-order chi connectivity index (χ0) is 16.3. The van der Waals surface area contributed by atoms with E-state index in [0.29, 0.717) is 19.5 Å². The molecule has 2 heterocycles. The van der Waals surface area contributed by atoms with Gasteiger partial charge in [-0.3, -0.25) is 4.79 Å². The first-order chi connectivity index (χ1) is 10.3. The molecule has 0 saturated carbocycles. The maximum absolute atomic E-state index is 12.6. The summed E-state index contributed by atoms with van der Waals surface area (Å²) in [5.41, 5.74) is 0.0990. The van der Waals surface area contributed by atoms with Crippen LogP contribution in [0.1, 0.15) is 25.8 Å². The molecule has 120 valence electrons. The average molecular weight is 314 g/mol. The van der Waals surface area contributed by atoms with Crippen LogP contribution in [0.3, 0.4) is 0 Å². The fourth-order valence-electron chi connectivity index (χ4n) is 2.18. The molecule has 1 atom stereocenters. The molecule has 0 radical (unpaired) electrons. The van der Waals surface area contributed by atoms with Crippen LogP contribution in [0.25, 0.3) is 0 Å². The van der Waals surface area contributed by atoms with Gasteiger partial charge in [-0.25, -0.2) is 4.98 Å². The number of amides is 1. The Morgan fingerprint density at radius 3 is 2.82 bits per heavy atom. The zero-order valence-corrected chi connectivity index (χ0v) is 12.4. The summed E-state index contributed by atoms with van der Waals surface area (Å²) >= 11 is 0. The topological polar surface area (TPSA) is 42.4 Å². The molecule has 1 aliphatic rings. The lowest BCUT2D eigenvalue weighted by Crippen LogP contribution is -2.29. The Labute approximate surface area is 126 Å². The SMILES string of the molecule is CC(C)=CC(=O)N1CC[C@@H](Oc2cc(C(F)(F)F)ccn2)C1. The number of allylic oxidation sites excluding steroid dienone is 1. The second-order valence-corrected chi connectivity index (χ2v) is 5.41. The van der Waals surface area contributed by atoms with E-state index in [9.17, 15) is 18.0 Å². The number of hydrogen-bond acceptors (Lipinski definition) is 3. The summed E-state index contributed by atoms with van der Waals surface area (Å²) in [5, 5.41) is 0. The maximum Gasteiger partial charge on any atom is 0.416 e. The quantitative estimate of drug-likeness (QED) is 0.805. The van der Waals surface area contributed by atoms with Gasteiger partial charge in [0.25, 0.3) is 0 Å². The minimum Gasteiger partial charge on any atom is -0.472 e. The van der Waals surface area contributed by atoms with Crippen LogP contribution < -0.4 is 4.74 Å². The molecule has 4 nitrogen and oxygen atoms in total. The molecule has 2 rings (SSSR count). The van der Waals surface area contributed by atoms with Crippen LogP contribution in [0.5, 0.6) is 5.88 Å². The molecule has 0 aromatic carbocycles. The number of hydrogen-bond donors (Lipinski definition) is 0. The summed E-state index contributed by atoms with van der Waals surface area (Å²) in [6, 6.07) is 1.77. The standard InChI is InChI=1S/C15H17F3N2O2/c1-10(2)7-14(21)20-6-4-12(9-20)22-13-8-11(3-5-19-13)15(16,17)18/h3,5,7-8,12H,4,6,9H2,1-2H3/t12-/m1/s1. The summed E-state index contributed by atoms with van der Waals surface area (Å²) in [6.45, 7) is 4.52. The van der Waals surface area contributed by atoms with Crippen LogP contribution in [-0.2, 0) is 11.0 Å². The predicted molar refractivity (Wildman–Crippen MR) is 74.3 cm³/mol. The highest BCUT2D eigenvalue weighted by atomic mass is 19.4. The Hall–Kier alpha value is -2.05. The van der Waals surface area contributed by atoms with Gasteiger partial charge in [-0.1, -0.05) is 5.57 Å². The van der Waals surface area contributed by atoms with E-state index in [2.05, 4.69) is 4.98 Å². The number of rotatable bonds is 3. The van der Waals surface area contributed by atoms with E-state index in [4.69, 9.17) is 4.74 Å². The van der Waals surface area contributed by atoms with E-state index >= 15 is 0 Å². The molecular weight excluding hydrogens is 297 g/mol. The summed E-state index contributed by atoms with van der Waals surface area (Å²) in [4.78, 5) is 17.3. The number of halogens is 3. The van der Waals surface area contributed by atoms with Crippen molar-refractivity contribution < 1.29 is 22.7 Å². The molecule has 1 aromatic rings. The number of pyridine rings is 1. The van der Waals surface area contributed by atoms with E-state index in [-0.39, 0.29) is 17.9 Å². The van der Waals surface area contributed by atoms with E-state index in [0.717, 1.165) is 23.9 Å². The molecular formula is C15H17F3N2O2. The number of ether oxygens (including phenoxy) is 1. The Morgan fingerprint density at radius 2 is 2.18 bits per heavy atom. The van der Waals surface area contributed by atoms with Gasteiger partial charge in [0.1, 0.15) is 6.10 Å². The second kappa shape index (κ2) is 6.37. The second-order valence-electron chi connectivity index (χ2n) is 5.41. The molecule has 7 heteroatoms. The van der Waals surface area contributed by atoms with E-state index < -0.39 is 11.7 Å². The van der Waals surface area contributed by atoms with Crippen molar-refractivity contribution in [1.29, 1.82) is 0 Å². The fourth-order valence-corrected chi connectivity index (χ4v) is 2.18. The van der Waals surface area contributed by atoms with Crippen molar-refractivity contribution in [2.24, 2.45) is 0 Å². The Morgan fingerprint density at radius 1 is 1.45 bits per heavy atom. The third kappa shape index (κ3) is 4.22. The van der Waals surface area contributed by atoms with Gasteiger partial charge in [-0.15, -0.1) is 0 Å². The van der Waals surface area contributed by atoms with Gasteiger partial charge in [0.2, 0.25) is 11.8 Å². The van der Waals surface area contributed by atoms with Crippen LogP contribution >= 0.6 is 0 Å². The summed E-state index contributed by atoms with van der Waals surface area (Å²) in [7, 11) is 0. The first-order valence-corrected chi connectivity index (χ1v) is 6.89. The van der Waals surface area contributed by atoms with Crippen molar-refractivity contribution in [3.8, 4) is 5.88 Å². The Bertz CT molecular complexity index is 580. The van der Waals surface area contributed by atoms with Gasteiger partial charge in [0.15, 0.2) is 0 Å². The molecule has 0 N–H and O–H groups in total.